The number of nitrogens with one attached hydrogen (secondary N) is 1. The number of hydrogen-bond donors (Lipinski definition) is 1. The van der Waals surface area contributed by atoms with Gasteiger partial charge in [-0.2, -0.15) is 0 Å². The number of hydrogen-bond acceptors (Lipinski definition) is 4. The van der Waals surface area contributed by atoms with Crippen LogP contribution < -0.4 is 5.32 Å². The van der Waals surface area contributed by atoms with Crippen molar-refractivity contribution < 1.29 is 19.1 Å². The Morgan fingerprint density at radius 1 is 0.714 bits per heavy atom. The normalized spacial score (nSPS) is 12.5. The molecule has 182 valence electrons. The number of esters is 1. The molecule has 0 aromatic heterocycles. The average molecular weight is 472 g/mol. The maximum absolute atomic E-state index is 13.5. The van der Waals surface area contributed by atoms with Crippen molar-refractivity contribution in [3.8, 4) is 0 Å². The zero-order valence-electron chi connectivity index (χ0n) is 20.8. The molecule has 5 nitrogen and oxygen atoms in total. The van der Waals surface area contributed by atoms with Crippen LogP contribution in [-0.2, 0) is 24.7 Å². The van der Waals surface area contributed by atoms with Gasteiger partial charge in [-0.05, 0) is 44.4 Å². The monoisotopic (exact) mass is 471 g/mol. The van der Waals surface area contributed by atoms with E-state index in [2.05, 4.69) is 5.32 Å². The van der Waals surface area contributed by atoms with E-state index < -0.39 is 23.0 Å². The first-order valence-corrected chi connectivity index (χ1v) is 11.8. The lowest BCUT2D eigenvalue weighted by molar-refractivity contribution is -0.157. The second-order valence-corrected chi connectivity index (χ2v) is 9.70. The summed E-state index contributed by atoms with van der Waals surface area (Å²) in [5.74, 6) is -1.82. The van der Waals surface area contributed by atoms with E-state index in [4.69, 9.17) is 4.74 Å². The summed E-state index contributed by atoms with van der Waals surface area (Å²) in [4.78, 5) is 38.3. The van der Waals surface area contributed by atoms with Crippen molar-refractivity contribution in [2.75, 3.05) is 0 Å². The lowest BCUT2D eigenvalue weighted by Crippen LogP contribution is -2.48. The summed E-state index contributed by atoms with van der Waals surface area (Å²) in [7, 11) is 0. The minimum atomic E-state index is -0.978. The van der Waals surface area contributed by atoms with Gasteiger partial charge in [-0.15, -0.1) is 0 Å². The second kappa shape index (κ2) is 11.1. The topological polar surface area (TPSA) is 72.5 Å². The molecular weight excluding hydrogens is 438 g/mol. The molecule has 1 amide bonds. The first kappa shape index (κ1) is 25.9. The molecule has 35 heavy (non-hydrogen) atoms. The van der Waals surface area contributed by atoms with Crippen LogP contribution in [0.4, 0.5) is 0 Å². The van der Waals surface area contributed by atoms with Crippen LogP contribution in [0, 0.1) is 5.92 Å². The molecule has 0 radical (unpaired) electrons. The molecule has 3 aromatic rings. The van der Waals surface area contributed by atoms with Gasteiger partial charge in [0.1, 0.15) is 16.9 Å². The number of ether oxygens (including phenoxy) is 1. The van der Waals surface area contributed by atoms with Gasteiger partial charge in [-0.3, -0.25) is 14.4 Å². The molecule has 3 aromatic carbocycles. The Bertz CT molecular complexity index is 1040. The Morgan fingerprint density at radius 2 is 1.11 bits per heavy atom. The summed E-state index contributed by atoms with van der Waals surface area (Å²) in [6.07, 6.45) is -0.266. The fraction of sp³-hybridized carbons (Fsp3) is 0.300. The molecule has 3 rings (SSSR count). The van der Waals surface area contributed by atoms with Gasteiger partial charge in [0.2, 0.25) is 5.91 Å². The maximum atomic E-state index is 13.5. The smallest absolute Gasteiger partial charge is 0.307 e. The number of Topliss-reactive ketones (excluding diaryl/α,β-unsaturated/α-hetero) is 1. The largest absolute Gasteiger partial charge is 0.460 e. The number of amides is 1. The molecule has 0 bridgehead atoms. The van der Waals surface area contributed by atoms with Crippen LogP contribution in [-0.4, -0.2) is 23.3 Å². The van der Waals surface area contributed by atoms with Gasteiger partial charge in [-0.25, -0.2) is 0 Å². The first-order chi connectivity index (χ1) is 16.6. The molecular formula is C30H33NO4. The van der Waals surface area contributed by atoms with Crippen LogP contribution in [0.15, 0.2) is 91.0 Å². The molecule has 0 saturated carbocycles. The van der Waals surface area contributed by atoms with Gasteiger partial charge in [0.05, 0.1) is 6.42 Å². The third kappa shape index (κ3) is 6.66. The fourth-order valence-electron chi connectivity index (χ4n) is 4.21. The highest BCUT2D eigenvalue weighted by atomic mass is 16.6. The molecule has 0 fully saturated rings. The summed E-state index contributed by atoms with van der Waals surface area (Å²) in [5, 5.41) is 3.24. The summed E-state index contributed by atoms with van der Waals surface area (Å²) in [6, 6.07) is 29.2. The van der Waals surface area contributed by atoms with E-state index in [0.717, 1.165) is 16.7 Å². The summed E-state index contributed by atoms with van der Waals surface area (Å²) < 4.78 is 5.39. The van der Waals surface area contributed by atoms with Crippen molar-refractivity contribution in [1.82, 2.24) is 5.32 Å². The van der Waals surface area contributed by atoms with E-state index >= 15 is 0 Å². The molecule has 0 spiro atoms. The highest BCUT2D eigenvalue weighted by Crippen LogP contribution is 2.37. The highest BCUT2D eigenvalue weighted by molar-refractivity contribution is 5.89. The Balaban J connectivity index is 2.00. The summed E-state index contributed by atoms with van der Waals surface area (Å²) in [5.41, 5.74) is 1.02. The van der Waals surface area contributed by atoms with Crippen molar-refractivity contribution in [2.24, 2.45) is 5.92 Å². The number of benzene rings is 3. The molecule has 0 aliphatic heterocycles. The van der Waals surface area contributed by atoms with E-state index in [1.54, 1.807) is 20.8 Å². The second-order valence-electron chi connectivity index (χ2n) is 9.70. The molecule has 1 atom stereocenters. The molecule has 5 heteroatoms. The van der Waals surface area contributed by atoms with E-state index in [1.807, 2.05) is 91.0 Å². The minimum absolute atomic E-state index is 0.122. The molecule has 1 N–H and O–H groups in total. The van der Waals surface area contributed by atoms with Crippen LogP contribution in [0.5, 0.6) is 0 Å². The SMILES string of the molecule is CC(=O)[C@H](CC(=O)NC(c1ccccc1)(c1ccccc1)c1ccccc1)CC(=O)OC(C)(C)C. The van der Waals surface area contributed by atoms with Gasteiger partial charge >= 0.3 is 5.97 Å². The predicted molar refractivity (Wildman–Crippen MR) is 137 cm³/mol. The van der Waals surface area contributed by atoms with E-state index in [0.29, 0.717) is 0 Å². The molecule has 0 saturated heterocycles. The average Bonchev–Trinajstić information content (AvgIpc) is 2.82. The van der Waals surface area contributed by atoms with Crippen LogP contribution >= 0.6 is 0 Å². The zero-order chi connectivity index (χ0) is 25.5. The zero-order valence-corrected chi connectivity index (χ0v) is 20.8. The van der Waals surface area contributed by atoms with E-state index in [-0.39, 0.29) is 24.5 Å². The summed E-state index contributed by atoms with van der Waals surface area (Å²) >= 11 is 0. The first-order valence-electron chi connectivity index (χ1n) is 11.8. The van der Waals surface area contributed by atoms with Gasteiger partial charge < -0.3 is 10.1 Å². The third-order valence-corrected chi connectivity index (χ3v) is 5.79. The quantitative estimate of drug-likeness (QED) is 0.334. The standard InChI is InChI=1S/C30H33NO4/c1-22(32)23(21-28(34)35-29(2,3)4)20-27(33)31-30(24-14-8-5-9-15-24,25-16-10-6-11-17-25)26-18-12-7-13-19-26/h5-19,23H,20-21H2,1-4H3,(H,31,33)/t23-/m1/s1. The van der Waals surface area contributed by atoms with Crippen LogP contribution in [0.25, 0.3) is 0 Å². The Labute approximate surface area is 207 Å². The maximum Gasteiger partial charge on any atom is 0.307 e. The number of ketones is 1. The lowest BCUT2D eigenvalue weighted by Gasteiger charge is -2.37. The Hall–Kier alpha value is -3.73. The van der Waals surface area contributed by atoms with Crippen LogP contribution in [0.1, 0.15) is 57.2 Å². The minimum Gasteiger partial charge on any atom is -0.460 e. The lowest BCUT2D eigenvalue weighted by atomic mass is 9.76. The number of carbonyl (C=O) groups excluding carboxylic acids is 3. The van der Waals surface area contributed by atoms with Gasteiger partial charge in [0.25, 0.3) is 0 Å². The van der Waals surface area contributed by atoms with Crippen molar-refractivity contribution in [2.45, 2.75) is 51.7 Å². The van der Waals surface area contributed by atoms with E-state index in [1.165, 1.54) is 6.92 Å². The third-order valence-electron chi connectivity index (χ3n) is 5.79. The fourth-order valence-corrected chi connectivity index (χ4v) is 4.21. The molecule has 0 aliphatic carbocycles. The number of rotatable bonds is 9. The predicted octanol–water partition coefficient (Wildman–Crippen LogP) is 5.42. The van der Waals surface area contributed by atoms with Gasteiger partial charge in [-0.1, -0.05) is 91.0 Å². The van der Waals surface area contributed by atoms with Crippen LogP contribution in [0.2, 0.25) is 0 Å². The van der Waals surface area contributed by atoms with Gasteiger partial charge in [0.15, 0.2) is 0 Å². The van der Waals surface area contributed by atoms with E-state index in [9.17, 15) is 14.4 Å². The van der Waals surface area contributed by atoms with Crippen molar-refractivity contribution in [3.05, 3.63) is 108 Å². The molecule has 0 aliphatic rings. The van der Waals surface area contributed by atoms with Crippen molar-refractivity contribution >= 4 is 17.7 Å². The molecule has 0 heterocycles. The number of carbonyl (C=O) groups is 3. The van der Waals surface area contributed by atoms with Gasteiger partial charge in [0, 0.05) is 12.3 Å². The van der Waals surface area contributed by atoms with Crippen molar-refractivity contribution in [1.29, 1.82) is 0 Å². The Morgan fingerprint density at radius 3 is 1.46 bits per heavy atom. The Kier molecular flexibility index (Phi) is 8.23. The van der Waals surface area contributed by atoms with Crippen molar-refractivity contribution in [3.63, 3.8) is 0 Å². The summed E-state index contributed by atoms with van der Waals surface area (Å²) in [6.45, 7) is 6.72. The highest BCUT2D eigenvalue weighted by Gasteiger charge is 2.38. The van der Waals surface area contributed by atoms with Crippen LogP contribution in [0.3, 0.4) is 0 Å². The molecule has 0 unspecified atom stereocenters.